The quantitative estimate of drug-likeness (QED) is 0.819. The molecule has 2 aromatic rings. The van der Waals surface area contributed by atoms with Crippen LogP contribution in [0.25, 0.3) is 0 Å². The molecule has 2 rings (SSSR count). The van der Waals surface area contributed by atoms with Crippen LogP contribution >= 0.6 is 0 Å². The number of aromatic carboxylic acids is 1. The minimum Gasteiger partial charge on any atom is -0.487 e. The first kappa shape index (κ1) is 13.8. The Balaban J connectivity index is 2.10. The number of carboxylic acid groups (broad SMARTS) is 1. The first-order valence-corrected chi connectivity index (χ1v) is 6.21. The Kier molecular flexibility index (Phi) is 4.50. The minimum atomic E-state index is -1.04. The van der Waals surface area contributed by atoms with Crippen molar-refractivity contribution in [2.24, 2.45) is 0 Å². The van der Waals surface area contributed by atoms with Crippen molar-refractivity contribution in [1.29, 1.82) is 0 Å². The summed E-state index contributed by atoms with van der Waals surface area (Å²) in [5, 5.41) is 8.89. The number of benzene rings is 1. The third-order valence-electron chi connectivity index (χ3n) is 2.74. The summed E-state index contributed by atoms with van der Waals surface area (Å²) in [6.45, 7) is 3.94. The second kappa shape index (κ2) is 6.52. The lowest BCUT2D eigenvalue weighted by atomic mass is 10.1. The maximum absolute atomic E-state index is 10.9. The number of pyridine rings is 1. The zero-order chi connectivity index (χ0) is 14.4. The molecule has 0 saturated heterocycles. The Hall–Kier alpha value is -2.62. The highest BCUT2D eigenvalue weighted by Gasteiger charge is 2.06. The van der Waals surface area contributed by atoms with Gasteiger partial charge in [-0.1, -0.05) is 30.3 Å². The Morgan fingerprint density at radius 2 is 2.05 bits per heavy atom. The van der Waals surface area contributed by atoms with Crippen molar-refractivity contribution < 1.29 is 14.6 Å². The fraction of sp³-hybridized carbons (Fsp3) is 0.125. The van der Waals surface area contributed by atoms with Gasteiger partial charge >= 0.3 is 5.97 Å². The Morgan fingerprint density at radius 1 is 1.25 bits per heavy atom. The molecule has 20 heavy (non-hydrogen) atoms. The van der Waals surface area contributed by atoms with E-state index in [1.807, 2.05) is 30.3 Å². The topological polar surface area (TPSA) is 59.4 Å². The highest BCUT2D eigenvalue weighted by Crippen LogP contribution is 2.19. The highest BCUT2D eigenvalue weighted by molar-refractivity contribution is 5.85. The molecule has 4 heteroatoms. The largest absolute Gasteiger partial charge is 0.487 e. The summed E-state index contributed by atoms with van der Waals surface area (Å²) in [5.74, 6) is -0.283. The van der Waals surface area contributed by atoms with Crippen molar-refractivity contribution >= 4 is 5.97 Å². The summed E-state index contributed by atoms with van der Waals surface area (Å²) in [6.07, 6.45) is 2.53. The zero-order valence-electron chi connectivity index (χ0n) is 11.0. The van der Waals surface area contributed by atoms with Gasteiger partial charge in [0, 0.05) is 0 Å². The summed E-state index contributed by atoms with van der Waals surface area (Å²) in [4.78, 5) is 14.9. The Labute approximate surface area is 117 Å². The first-order valence-electron chi connectivity index (χ1n) is 6.21. The van der Waals surface area contributed by atoms with E-state index in [9.17, 15) is 4.79 Å². The predicted molar refractivity (Wildman–Crippen MR) is 75.9 cm³/mol. The van der Waals surface area contributed by atoms with Crippen molar-refractivity contribution in [1.82, 2.24) is 4.98 Å². The van der Waals surface area contributed by atoms with Crippen molar-refractivity contribution in [2.75, 3.05) is 0 Å². The van der Waals surface area contributed by atoms with Gasteiger partial charge in [-0.15, -0.1) is 6.58 Å². The number of aromatic nitrogens is 1. The third kappa shape index (κ3) is 3.45. The lowest BCUT2D eigenvalue weighted by molar-refractivity contribution is 0.0690. The normalized spacial score (nSPS) is 10.0. The van der Waals surface area contributed by atoms with Gasteiger partial charge in [0.05, 0.1) is 5.69 Å². The van der Waals surface area contributed by atoms with Crippen molar-refractivity contribution in [3.05, 3.63) is 72.1 Å². The fourth-order valence-electron chi connectivity index (χ4n) is 1.80. The predicted octanol–water partition coefficient (Wildman–Crippen LogP) is 3.09. The molecule has 0 radical (unpaired) electrons. The van der Waals surface area contributed by atoms with Gasteiger partial charge in [-0.25, -0.2) is 9.78 Å². The monoisotopic (exact) mass is 269 g/mol. The number of hydrogen-bond donors (Lipinski definition) is 1. The lowest BCUT2D eigenvalue weighted by Gasteiger charge is -2.10. The van der Waals surface area contributed by atoms with Crippen LogP contribution in [-0.4, -0.2) is 16.1 Å². The van der Waals surface area contributed by atoms with Crippen molar-refractivity contribution in [2.45, 2.75) is 13.0 Å². The molecule has 0 unspecified atom stereocenters. The Morgan fingerprint density at radius 3 is 2.80 bits per heavy atom. The molecule has 0 spiro atoms. The van der Waals surface area contributed by atoms with Crippen LogP contribution in [0.1, 0.15) is 21.7 Å². The number of rotatable bonds is 6. The third-order valence-corrected chi connectivity index (χ3v) is 2.74. The molecule has 0 aliphatic heterocycles. The maximum Gasteiger partial charge on any atom is 0.354 e. The molecule has 102 valence electrons. The highest BCUT2D eigenvalue weighted by atomic mass is 16.5. The van der Waals surface area contributed by atoms with Gasteiger partial charge < -0.3 is 9.84 Å². The summed E-state index contributed by atoms with van der Waals surface area (Å²) in [5.41, 5.74) is 1.64. The number of carboxylic acids is 1. The molecule has 0 amide bonds. The molecule has 0 aliphatic carbocycles. The molecule has 0 bridgehead atoms. The van der Waals surface area contributed by atoms with E-state index in [1.54, 1.807) is 12.1 Å². The summed E-state index contributed by atoms with van der Waals surface area (Å²) < 4.78 is 5.71. The van der Waals surface area contributed by atoms with Crippen molar-refractivity contribution in [3.63, 3.8) is 0 Å². The van der Waals surface area contributed by atoms with E-state index in [4.69, 9.17) is 9.84 Å². The van der Waals surface area contributed by atoms with Gasteiger partial charge in [-0.2, -0.15) is 0 Å². The van der Waals surface area contributed by atoms with Crippen LogP contribution in [0, 0.1) is 0 Å². The SMILES string of the molecule is C=CCc1ccccc1OCc1cccc(C(=O)O)n1. The lowest BCUT2D eigenvalue weighted by Crippen LogP contribution is -2.05. The molecule has 1 heterocycles. The second-order valence-corrected chi connectivity index (χ2v) is 4.21. The minimum absolute atomic E-state index is 0.0190. The number of ether oxygens (including phenoxy) is 1. The van der Waals surface area contributed by atoms with E-state index in [-0.39, 0.29) is 12.3 Å². The molecule has 0 atom stereocenters. The van der Waals surface area contributed by atoms with E-state index in [0.29, 0.717) is 5.69 Å². The van der Waals surface area contributed by atoms with Crippen LogP contribution < -0.4 is 4.74 Å². The van der Waals surface area contributed by atoms with E-state index >= 15 is 0 Å². The maximum atomic E-state index is 10.9. The first-order chi connectivity index (χ1) is 9.70. The smallest absolute Gasteiger partial charge is 0.354 e. The van der Waals surface area contributed by atoms with Gasteiger partial charge in [-0.05, 0) is 30.2 Å². The van der Waals surface area contributed by atoms with Crippen LogP contribution in [0.15, 0.2) is 55.1 Å². The summed E-state index contributed by atoms with van der Waals surface area (Å²) in [7, 11) is 0. The average Bonchev–Trinajstić information content (AvgIpc) is 2.47. The molecular formula is C16H15NO3. The van der Waals surface area contributed by atoms with Gasteiger partial charge in [0.2, 0.25) is 0 Å². The second-order valence-electron chi connectivity index (χ2n) is 4.21. The van der Waals surface area contributed by atoms with E-state index < -0.39 is 5.97 Å². The fourth-order valence-corrected chi connectivity index (χ4v) is 1.80. The van der Waals surface area contributed by atoms with E-state index in [2.05, 4.69) is 11.6 Å². The van der Waals surface area contributed by atoms with Gasteiger partial charge in [0.1, 0.15) is 18.1 Å². The van der Waals surface area contributed by atoms with Crippen LogP contribution in [0.5, 0.6) is 5.75 Å². The molecular weight excluding hydrogens is 254 g/mol. The Bertz CT molecular complexity index is 623. The standard InChI is InChI=1S/C16H15NO3/c1-2-6-12-7-3-4-10-15(12)20-11-13-8-5-9-14(17-13)16(18)19/h2-5,7-10H,1,6,11H2,(H,18,19). The summed E-state index contributed by atoms with van der Waals surface area (Å²) >= 11 is 0. The van der Waals surface area contributed by atoms with Gasteiger partial charge in [0.15, 0.2) is 0 Å². The molecule has 4 nitrogen and oxygen atoms in total. The average molecular weight is 269 g/mol. The summed E-state index contributed by atoms with van der Waals surface area (Å²) in [6, 6.07) is 12.5. The van der Waals surface area contributed by atoms with E-state index in [1.165, 1.54) is 6.07 Å². The van der Waals surface area contributed by atoms with E-state index in [0.717, 1.165) is 17.7 Å². The van der Waals surface area contributed by atoms with Crippen LogP contribution in [0.3, 0.4) is 0 Å². The van der Waals surface area contributed by atoms with Crippen LogP contribution in [0.4, 0.5) is 0 Å². The van der Waals surface area contributed by atoms with Gasteiger partial charge in [-0.3, -0.25) is 0 Å². The molecule has 0 fully saturated rings. The number of para-hydroxylation sites is 1. The number of hydrogen-bond acceptors (Lipinski definition) is 3. The number of allylic oxidation sites excluding steroid dienone is 1. The number of nitrogens with zero attached hydrogens (tertiary/aromatic N) is 1. The molecule has 0 aliphatic rings. The molecule has 1 aromatic heterocycles. The molecule has 1 aromatic carbocycles. The molecule has 1 N–H and O–H groups in total. The molecule has 0 saturated carbocycles. The van der Waals surface area contributed by atoms with Crippen LogP contribution in [0.2, 0.25) is 0 Å². The zero-order valence-corrected chi connectivity index (χ0v) is 11.0. The van der Waals surface area contributed by atoms with Crippen molar-refractivity contribution in [3.8, 4) is 5.75 Å². The van der Waals surface area contributed by atoms with Crippen LogP contribution in [-0.2, 0) is 13.0 Å². The number of carbonyl (C=O) groups is 1. The van der Waals surface area contributed by atoms with Gasteiger partial charge in [0.25, 0.3) is 0 Å².